The molecule has 1 aromatic heterocycles. The van der Waals surface area contributed by atoms with Crippen LogP contribution in [-0.4, -0.2) is 13.7 Å². The van der Waals surface area contributed by atoms with Crippen molar-refractivity contribution in [3.63, 3.8) is 0 Å². The minimum absolute atomic E-state index is 0.549. The topological polar surface area (TPSA) is 34.4 Å². The highest BCUT2D eigenvalue weighted by molar-refractivity contribution is 5.20. The molecular weight excluding hydrogens is 166 g/mol. The molecule has 0 amide bonds. The lowest BCUT2D eigenvalue weighted by atomic mass is 10.2. The molecule has 1 aromatic rings. The smallest absolute Gasteiger partial charge is 0.130 e. The number of furan rings is 1. The lowest BCUT2D eigenvalue weighted by Gasteiger charge is -1.97. The van der Waals surface area contributed by atoms with Crippen LogP contribution in [0.4, 0.5) is 0 Å². The fourth-order valence-corrected chi connectivity index (χ4v) is 1.24. The van der Waals surface area contributed by atoms with Gasteiger partial charge >= 0.3 is 0 Å². The normalized spacial score (nSPS) is 10.7. The second kappa shape index (κ2) is 5.04. The van der Waals surface area contributed by atoms with Crippen LogP contribution in [0.25, 0.3) is 0 Å². The lowest BCUT2D eigenvalue weighted by Crippen LogP contribution is -2.11. The molecule has 0 unspecified atom stereocenters. The van der Waals surface area contributed by atoms with Crippen LogP contribution in [0.5, 0.6) is 0 Å². The zero-order valence-electron chi connectivity index (χ0n) is 8.52. The first kappa shape index (κ1) is 10.3. The Labute approximate surface area is 79.1 Å². The van der Waals surface area contributed by atoms with Crippen molar-refractivity contribution in [2.24, 2.45) is 0 Å². The summed E-state index contributed by atoms with van der Waals surface area (Å²) in [6.45, 7) is 6.46. The summed E-state index contributed by atoms with van der Waals surface area (Å²) >= 11 is 0. The highest BCUT2D eigenvalue weighted by Gasteiger charge is 2.05. The lowest BCUT2D eigenvalue weighted by molar-refractivity contribution is 0.163. The average Bonchev–Trinajstić information content (AvgIpc) is 2.44. The van der Waals surface area contributed by atoms with Gasteiger partial charge in [-0.15, -0.1) is 0 Å². The van der Waals surface area contributed by atoms with Gasteiger partial charge in [0.25, 0.3) is 0 Å². The van der Waals surface area contributed by atoms with Crippen molar-refractivity contribution in [3.05, 3.63) is 23.2 Å². The number of hydrogen-bond donors (Lipinski definition) is 1. The molecule has 0 atom stereocenters. The van der Waals surface area contributed by atoms with Gasteiger partial charge in [0, 0.05) is 19.2 Å². The summed E-state index contributed by atoms with van der Waals surface area (Å²) in [5.74, 6) is 1.88. The zero-order valence-corrected chi connectivity index (χ0v) is 8.52. The molecule has 0 saturated heterocycles. The van der Waals surface area contributed by atoms with Crippen molar-refractivity contribution >= 4 is 0 Å². The molecule has 0 aromatic carbocycles. The van der Waals surface area contributed by atoms with E-state index >= 15 is 0 Å². The van der Waals surface area contributed by atoms with Crippen LogP contribution >= 0.6 is 0 Å². The SMILES string of the molecule is CCNCc1cc(COC)oc1C. The van der Waals surface area contributed by atoms with Gasteiger partial charge in [0.2, 0.25) is 0 Å². The predicted molar refractivity (Wildman–Crippen MR) is 51.5 cm³/mol. The second-order valence-electron chi connectivity index (χ2n) is 3.01. The van der Waals surface area contributed by atoms with Crippen LogP contribution in [-0.2, 0) is 17.9 Å². The van der Waals surface area contributed by atoms with E-state index in [4.69, 9.17) is 9.15 Å². The minimum atomic E-state index is 0.549. The maximum Gasteiger partial charge on any atom is 0.130 e. The molecule has 3 nitrogen and oxygen atoms in total. The van der Waals surface area contributed by atoms with E-state index in [2.05, 4.69) is 12.2 Å². The quantitative estimate of drug-likeness (QED) is 0.756. The van der Waals surface area contributed by atoms with Crippen LogP contribution in [0.15, 0.2) is 10.5 Å². The van der Waals surface area contributed by atoms with Crippen LogP contribution in [0.1, 0.15) is 24.0 Å². The summed E-state index contributed by atoms with van der Waals surface area (Å²) in [5.41, 5.74) is 1.22. The van der Waals surface area contributed by atoms with Gasteiger partial charge in [0.1, 0.15) is 18.1 Å². The van der Waals surface area contributed by atoms with Gasteiger partial charge in [-0.05, 0) is 19.5 Å². The van der Waals surface area contributed by atoms with E-state index in [0.29, 0.717) is 6.61 Å². The first-order chi connectivity index (χ1) is 6.27. The Morgan fingerprint density at radius 1 is 1.54 bits per heavy atom. The van der Waals surface area contributed by atoms with Gasteiger partial charge < -0.3 is 14.5 Å². The molecule has 0 saturated carbocycles. The summed E-state index contributed by atoms with van der Waals surface area (Å²) < 4.78 is 10.5. The molecule has 0 aliphatic carbocycles. The molecule has 1 rings (SSSR count). The summed E-state index contributed by atoms with van der Waals surface area (Å²) in [7, 11) is 1.67. The molecule has 1 N–H and O–H groups in total. The third-order valence-corrected chi connectivity index (χ3v) is 1.92. The molecular formula is C10H17NO2. The predicted octanol–water partition coefficient (Wildman–Crippen LogP) is 1.84. The molecule has 0 fully saturated rings. The first-order valence-electron chi connectivity index (χ1n) is 4.55. The Kier molecular flexibility index (Phi) is 3.99. The number of nitrogens with one attached hydrogen (secondary N) is 1. The van der Waals surface area contributed by atoms with Crippen LogP contribution < -0.4 is 5.32 Å². The molecule has 0 spiro atoms. The summed E-state index contributed by atoms with van der Waals surface area (Å²) in [5, 5.41) is 3.26. The van der Waals surface area contributed by atoms with Crippen LogP contribution in [0.3, 0.4) is 0 Å². The van der Waals surface area contributed by atoms with Crippen LogP contribution in [0.2, 0.25) is 0 Å². The van der Waals surface area contributed by atoms with E-state index in [9.17, 15) is 0 Å². The number of hydrogen-bond acceptors (Lipinski definition) is 3. The molecule has 0 aliphatic heterocycles. The zero-order chi connectivity index (χ0) is 9.68. The van der Waals surface area contributed by atoms with E-state index in [1.165, 1.54) is 5.56 Å². The maximum atomic E-state index is 5.49. The third kappa shape index (κ3) is 2.86. The van der Waals surface area contributed by atoms with Crippen molar-refractivity contribution in [2.75, 3.05) is 13.7 Å². The standard InChI is InChI=1S/C10H17NO2/c1-4-11-6-9-5-10(7-12-3)13-8(9)2/h5,11H,4,6-7H2,1-3H3. The molecule has 74 valence electrons. The summed E-state index contributed by atoms with van der Waals surface area (Å²) in [6, 6.07) is 2.04. The monoisotopic (exact) mass is 183 g/mol. The van der Waals surface area contributed by atoms with Gasteiger partial charge in [-0.3, -0.25) is 0 Å². The number of methoxy groups -OCH3 is 1. The van der Waals surface area contributed by atoms with Crippen molar-refractivity contribution in [2.45, 2.75) is 27.0 Å². The number of rotatable bonds is 5. The highest BCUT2D eigenvalue weighted by Crippen LogP contribution is 2.14. The van der Waals surface area contributed by atoms with E-state index in [-0.39, 0.29) is 0 Å². The van der Waals surface area contributed by atoms with Gasteiger partial charge in [-0.25, -0.2) is 0 Å². The van der Waals surface area contributed by atoms with Gasteiger partial charge in [0.15, 0.2) is 0 Å². The van der Waals surface area contributed by atoms with Gasteiger partial charge in [0.05, 0.1) is 0 Å². The van der Waals surface area contributed by atoms with Gasteiger partial charge in [-0.2, -0.15) is 0 Å². The Bertz CT molecular complexity index is 255. The maximum absolute atomic E-state index is 5.49. The van der Waals surface area contributed by atoms with Crippen molar-refractivity contribution in [1.29, 1.82) is 0 Å². The van der Waals surface area contributed by atoms with Crippen LogP contribution in [0, 0.1) is 6.92 Å². The fourth-order valence-electron chi connectivity index (χ4n) is 1.24. The Morgan fingerprint density at radius 3 is 2.92 bits per heavy atom. The highest BCUT2D eigenvalue weighted by atomic mass is 16.5. The van der Waals surface area contributed by atoms with Gasteiger partial charge in [-0.1, -0.05) is 6.92 Å². The van der Waals surface area contributed by atoms with E-state index in [1.54, 1.807) is 7.11 Å². The fraction of sp³-hybridized carbons (Fsp3) is 0.600. The molecule has 3 heteroatoms. The molecule has 13 heavy (non-hydrogen) atoms. The third-order valence-electron chi connectivity index (χ3n) is 1.92. The van der Waals surface area contributed by atoms with Crippen molar-refractivity contribution < 1.29 is 9.15 Å². The molecule has 0 aliphatic rings. The molecule has 1 heterocycles. The van der Waals surface area contributed by atoms with E-state index < -0.39 is 0 Å². The average molecular weight is 183 g/mol. The second-order valence-corrected chi connectivity index (χ2v) is 3.01. The first-order valence-corrected chi connectivity index (χ1v) is 4.55. The molecule has 0 bridgehead atoms. The van der Waals surface area contributed by atoms with E-state index in [1.807, 2.05) is 13.0 Å². The minimum Gasteiger partial charge on any atom is -0.464 e. The summed E-state index contributed by atoms with van der Waals surface area (Å²) in [4.78, 5) is 0. The number of aryl methyl sites for hydroxylation is 1. The van der Waals surface area contributed by atoms with Crippen molar-refractivity contribution in [1.82, 2.24) is 5.32 Å². The summed E-state index contributed by atoms with van der Waals surface area (Å²) in [6.07, 6.45) is 0. The Hall–Kier alpha value is -0.800. The largest absolute Gasteiger partial charge is 0.464 e. The van der Waals surface area contributed by atoms with E-state index in [0.717, 1.165) is 24.6 Å². The number of ether oxygens (including phenoxy) is 1. The Balaban J connectivity index is 2.60. The molecule has 0 radical (unpaired) electrons. The van der Waals surface area contributed by atoms with Crippen molar-refractivity contribution in [3.8, 4) is 0 Å². The Morgan fingerprint density at radius 2 is 2.31 bits per heavy atom.